The third-order valence-electron chi connectivity index (χ3n) is 2.28. The summed E-state index contributed by atoms with van der Waals surface area (Å²) in [6.07, 6.45) is 0. The number of amides is 1. The van der Waals surface area contributed by atoms with Crippen LogP contribution in [0.25, 0.3) is 0 Å². The van der Waals surface area contributed by atoms with Gasteiger partial charge in [0.15, 0.2) is 0 Å². The first kappa shape index (κ1) is 15.4. The van der Waals surface area contributed by atoms with Crippen LogP contribution in [0.4, 0.5) is 8.78 Å². The third kappa shape index (κ3) is 5.21. The zero-order chi connectivity index (χ0) is 14.6. The van der Waals surface area contributed by atoms with Gasteiger partial charge in [-0.3, -0.25) is 4.79 Å². The van der Waals surface area contributed by atoms with Crippen molar-refractivity contribution < 1.29 is 23.4 Å². The van der Waals surface area contributed by atoms with E-state index in [-0.39, 0.29) is 23.8 Å². The molecule has 0 heterocycles. The predicted molar refractivity (Wildman–Crippen MR) is 66.3 cm³/mol. The molecule has 1 aromatic carbocycles. The van der Waals surface area contributed by atoms with Gasteiger partial charge in [0.25, 0.3) is 5.91 Å². The highest BCUT2D eigenvalue weighted by Crippen LogP contribution is 2.17. The molecule has 1 rings (SSSR count). The highest BCUT2D eigenvalue weighted by atomic mass is 19.3. The summed E-state index contributed by atoms with van der Waals surface area (Å²) >= 11 is 0. The van der Waals surface area contributed by atoms with Crippen molar-refractivity contribution in [3.8, 4) is 5.75 Å². The molecule has 0 aliphatic heterocycles. The van der Waals surface area contributed by atoms with Gasteiger partial charge in [-0.15, -0.1) is 0 Å². The maximum atomic E-state index is 12.1. The molecule has 0 aromatic heterocycles. The standard InChI is InChI=1S/C13H17F2NO3/c1-13(2,18)8-16(3)11(17)9-5-4-6-10(7-9)19-12(14)15/h4-7,12,18H,8H2,1-3H3. The van der Waals surface area contributed by atoms with E-state index < -0.39 is 12.2 Å². The maximum Gasteiger partial charge on any atom is 0.387 e. The Labute approximate surface area is 110 Å². The van der Waals surface area contributed by atoms with Gasteiger partial charge >= 0.3 is 6.61 Å². The quantitative estimate of drug-likeness (QED) is 0.894. The Morgan fingerprint density at radius 2 is 2.11 bits per heavy atom. The maximum absolute atomic E-state index is 12.1. The first-order chi connectivity index (χ1) is 8.69. The molecule has 0 fully saturated rings. The van der Waals surface area contributed by atoms with E-state index in [1.165, 1.54) is 36.2 Å². The molecule has 6 heteroatoms. The molecule has 0 bridgehead atoms. The average molecular weight is 273 g/mol. The van der Waals surface area contributed by atoms with E-state index in [4.69, 9.17) is 0 Å². The summed E-state index contributed by atoms with van der Waals surface area (Å²) in [5.74, 6) is -0.445. The Hall–Kier alpha value is -1.69. The number of rotatable bonds is 5. The summed E-state index contributed by atoms with van der Waals surface area (Å²) in [6, 6.07) is 5.55. The first-order valence-corrected chi connectivity index (χ1v) is 5.72. The van der Waals surface area contributed by atoms with Crippen molar-refractivity contribution in [2.45, 2.75) is 26.1 Å². The molecule has 1 aromatic rings. The normalized spacial score (nSPS) is 11.5. The van der Waals surface area contributed by atoms with Crippen molar-refractivity contribution in [2.24, 2.45) is 0 Å². The van der Waals surface area contributed by atoms with Crippen molar-refractivity contribution in [3.63, 3.8) is 0 Å². The van der Waals surface area contributed by atoms with E-state index in [1.54, 1.807) is 13.8 Å². The van der Waals surface area contributed by atoms with Crippen LogP contribution < -0.4 is 4.74 Å². The van der Waals surface area contributed by atoms with Gasteiger partial charge in [0.1, 0.15) is 5.75 Å². The molecule has 0 atom stereocenters. The van der Waals surface area contributed by atoms with Crippen LogP contribution in [-0.2, 0) is 0 Å². The van der Waals surface area contributed by atoms with Crippen LogP contribution in [0.5, 0.6) is 5.75 Å². The number of ether oxygens (including phenoxy) is 1. The number of carbonyl (C=O) groups is 1. The van der Waals surface area contributed by atoms with E-state index in [0.717, 1.165) is 0 Å². The molecule has 106 valence electrons. The van der Waals surface area contributed by atoms with Crippen molar-refractivity contribution in [2.75, 3.05) is 13.6 Å². The minimum Gasteiger partial charge on any atom is -0.435 e. The predicted octanol–water partition coefficient (Wildman–Crippen LogP) is 2.13. The van der Waals surface area contributed by atoms with Crippen molar-refractivity contribution >= 4 is 5.91 Å². The minimum absolute atomic E-state index is 0.0718. The Balaban J connectivity index is 2.82. The zero-order valence-corrected chi connectivity index (χ0v) is 11.1. The lowest BCUT2D eigenvalue weighted by molar-refractivity contribution is -0.0499. The van der Waals surface area contributed by atoms with Gasteiger partial charge in [0.2, 0.25) is 0 Å². The molecule has 0 radical (unpaired) electrons. The lowest BCUT2D eigenvalue weighted by Crippen LogP contribution is -2.39. The third-order valence-corrected chi connectivity index (χ3v) is 2.28. The second kappa shape index (κ2) is 5.97. The smallest absolute Gasteiger partial charge is 0.387 e. The molecule has 4 nitrogen and oxygen atoms in total. The lowest BCUT2D eigenvalue weighted by atomic mass is 10.1. The fraction of sp³-hybridized carbons (Fsp3) is 0.462. The van der Waals surface area contributed by atoms with Crippen LogP contribution in [0.2, 0.25) is 0 Å². The van der Waals surface area contributed by atoms with Crippen molar-refractivity contribution in [1.29, 1.82) is 0 Å². The Morgan fingerprint density at radius 3 is 2.63 bits per heavy atom. The number of halogens is 2. The topological polar surface area (TPSA) is 49.8 Å². The van der Waals surface area contributed by atoms with Gasteiger partial charge in [-0.2, -0.15) is 8.78 Å². The summed E-state index contributed by atoms with van der Waals surface area (Å²) in [5.41, 5.74) is -0.800. The fourth-order valence-electron chi connectivity index (χ4n) is 1.68. The average Bonchev–Trinajstić information content (AvgIpc) is 2.25. The molecule has 1 N–H and O–H groups in total. The summed E-state index contributed by atoms with van der Waals surface area (Å²) in [4.78, 5) is 13.4. The fourth-order valence-corrected chi connectivity index (χ4v) is 1.68. The van der Waals surface area contributed by atoms with Crippen LogP contribution in [0.3, 0.4) is 0 Å². The first-order valence-electron chi connectivity index (χ1n) is 5.72. The number of alkyl halides is 2. The highest BCUT2D eigenvalue weighted by molar-refractivity contribution is 5.94. The molecule has 0 spiro atoms. The lowest BCUT2D eigenvalue weighted by Gasteiger charge is -2.25. The second-order valence-electron chi connectivity index (χ2n) is 4.88. The monoisotopic (exact) mass is 273 g/mol. The number of aliphatic hydroxyl groups is 1. The number of carbonyl (C=O) groups excluding carboxylic acids is 1. The molecular formula is C13H17F2NO3. The Morgan fingerprint density at radius 1 is 1.47 bits per heavy atom. The summed E-state index contributed by atoms with van der Waals surface area (Å²) in [7, 11) is 1.53. The van der Waals surface area contributed by atoms with E-state index in [2.05, 4.69) is 4.74 Å². The van der Waals surface area contributed by atoms with Gasteiger partial charge in [0.05, 0.1) is 5.60 Å². The zero-order valence-electron chi connectivity index (χ0n) is 11.1. The SMILES string of the molecule is CN(CC(C)(C)O)C(=O)c1cccc(OC(F)F)c1. The van der Waals surface area contributed by atoms with E-state index in [0.29, 0.717) is 0 Å². The van der Waals surface area contributed by atoms with Gasteiger partial charge < -0.3 is 14.7 Å². The van der Waals surface area contributed by atoms with Crippen molar-refractivity contribution in [1.82, 2.24) is 4.90 Å². The molecule has 0 saturated carbocycles. The van der Waals surface area contributed by atoms with Gasteiger partial charge in [-0.05, 0) is 32.0 Å². The molecular weight excluding hydrogens is 256 g/mol. The van der Waals surface area contributed by atoms with Crippen molar-refractivity contribution in [3.05, 3.63) is 29.8 Å². The second-order valence-corrected chi connectivity index (χ2v) is 4.88. The summed E-state index contributed by atoms with van der Waals surface area (Å²) in [6.45, 7) is 0.353. The molecule has 0 aliphatic carbocycles. The molecule has 0 aliphatic rings. The largest absolute Gasteiger partial charge is 0.435 e. The number of hydrogen-bond donors (Lipinski definition) is 1. The number of hydrogen-bond acceptors (Lipinski definition) is 3. The highest BCUT2D eigenvalue weighted by Gasteiger charge is 2.20. The Bertz CT molecular complexity index is 444. The van der Waals surface area contributed by atoms with Crippen LogP contribution in [0, 0.1) is 0 Å². The number of benzene rings is 1. The van der Waals surface area contributed by atoms with Crippen LogP contribution in [0.15, 0.2) is 24.3 Å². The van der Waals surface area contributed by atoms with E-state index >= 15 is 0 Å². The number of likely N-dealkylation sites (N-methyl/N-ethyl adjacent to an activating group) is 1. The van der Waals surface area contributed by atoms with E-state index in [1.807, 2.05) is 0 Å². The molecule has 1 amide bonds. The van der Waals surface area contributed by atoms with E-state index in [9.17, 15) is 18.7 Å². The van der Waals surface area contributed by atoms with Crippen LogP contribution in [-0.4, -0.2) is 41.7 Å². The molecule has 0 saturated heterocycles. The van der Waals surface area contributed by atoms with Crippen LogP contribution >= 0.6 is 0 Å². The molecule has 19 heavy (non-hydrogen) atoms. The van der Waals surface area contributed by atoms with Gasteiger partial charge in [-0.1, -0.05) is 6.07 Å². The minimum atomic E-state index is -2.93. The summed E-state index contributed by atoms with van der Waals surface area (Å²) in [5, 5.41) is 9.64. The van der Waals surface area contributed by atoms with Gasteiger partial charge in [0, 0.05) is 19.2 Å². The van der Waals surface area contributed by atoms with Gasteiger partial charge in [-0.25, -0.2) is 0 Å². The Kier molecular flexibility index (Phi) is 4.83. The summed E-state index contributed by atoms with van der Waals surface area (Å²) < 4.78 is 28.4. The van der Waals surface area contributed by atoms with Crippen LogP contribution in [0.1, 0.15) is 24.2 Å². The number of nitrogens with zero attached hydrogens (tertiary/aromatic N) is 1. The molecule has 0 unspecified atom stereocenters.